The zero-order valence-corrected chi connectivity index (χ0v) is 13.4. The lowest BCUT2D eigenvalue weighted by molar-refractivity contribution is 0.260. The summed E-state index contributed by atoms with van der Waals surface area (Å²) < 4.78 is 2.11. The van der Waals surface area contributed by atoms with E-state index in [0.29, 0.717) is 5.92 Å². The van der Waals surface area contributed by atoms with E-state index in [9.17, 15) is 0 Å². The van der Waals surface area contributed by atoms with Crippen molar-refractivity contribution in [3.05, 3.63) is 60.4 Å². The monoisotopic (exact) mass is 309 g/mol. The highest BCUT2D eigenvalue weighted by atomic mass is 16.3. The van der Waals surface area contributed by atoms with Gasteiger partial charge in [0.15, 0.2) is 0 Å². The summed E-state index contributed by atoms with van der Waals surface area (Å²) in [7, 11) is 0. The summed E-state index contributed by atoms with van der Waals surface area (Å²) >= 11 is 0. The predicted octanol–water partition coefficient (Wildman–Crippen LogP) is 3.13. The molecule has 0 radical (unpaired) electrons. The van der Waals surface area contributed by atoms with Crippen molar-refractivity contribution >= 4 is 11.0 Å². The molecule has 120 valence electrons. The van der Waals surface area contributed by atoms with Gasteiger partial charge in [-0.15, -0.1) is 0 Å². The third-order valence-corrected chi connectivity index (χ3v) is 4.11. The lowest BCUT2D eigenvalue weighted by Gasteiger charge is -2.11. The van der Waals surface area contributed by atoms with E-state index in [2.05, 4.69) is 52.1 Å². The molecule has 0 saturated heterocycles. The molecule has 0 fully saturated rings. The number of benzene rings is 2. The molecule has 0 spiro atoms. The Morgan fingerprint density at radius 1 is 1.13 bits per heavy atom. The molecule has 4 heteroatoms. The van der Waals surface area contributed by atoms with Gasteiger partial charge in [0.2, 0.25) is 0 Å². The van der Waals surface area contributed by atoms with Gasteiger partial charge < -0.3 is 10.4 Å². The number of hydrogen-bond acceptors (Lipinski definition) is 3. The SMILES string of the molecule is CC(CCO)CNCc1ccc(-n2cnc3ccccc32)cc1. The van der Waals surface area contributed by atoms with Crippen molar-refractivity contribution in [3.8, 4) is 5.69 Å². The first kappa shape index (κ1) is 15.7. The molecule has 2 aromatic carbocycles. The molecule has 1 heterocycles. The van der Waals surface area contributed by atoms with Gasteiger partial charge in [0, 0.05) is 18.8 Å². The maximum Gasteiger partial charge on any atom is 0.100 e. The summed E-state index contributed by atoms with van der Waals surface area (Å²) in [5.41, 5.74) is 4.51. The van der Waals surface area contributed by atoms with E-state index in [1.807, 2.05) is 24.5 Å². The summed E-state index contributed by atoms with van der Waals surface area (Å²) in [4.78, 5) is 4.43. The first-order valence-corrected chi connectivity index (χ1v) is 8.11. The third kappa shape index (κ3) is 3.78. The molecule has 3 aromatic rings. The van der Waals surface area contributed by atoms with Gasteiger partial charge in [-0.3, -0.25) is 4.57 Å². The minimum atomic E-state index is 0.260. The molecular weight excluding hydrogens is 286 g/mol. The van der Waals surface area contributed by atoms with E-state index >= 15 is 0 Å². The fourth-order valence-corrected chi connectivity index (χ4v) is 2.72. The maximum atomic E-state index is 8.91. The molecule has 4 nitrogen and oxygen atoms in total. The molecule has 2 N–H and O–H groups in total. The fraction of sp³-hybridized carbons (Fsp3) is 0.316. The Morgan fingerprint density at radius 2 is 1.91 bits per heavy atom. The number of nitrogens with zero attached hydrogens (tertiary/aromatic N) is 2. The Labute approximate surface area is 136 Å². The molecule has 23 heavy (non-hydrogen) atoms. The van der Waals surface area contributed by atoms with Crippen LogP contribution in [0.25, 0.3) is 16.7 Å². The van der Waals surface area contributed by atoms with Crippen molar-refractivity contribution in [1.29, 1.82) is 0 Å². The summed E-state index contributed by atoms with van der Waals surface area (Å²) in [6, 6.07) is 16.7. The Bertz CT molecular complexity index is 749. The van der Waals surface area contributed by atoms with Gasteiger partial charge in [0.1, 0.15) is 6.33 Å². The number of hydrogen-bond donors (Lipinski definition) is 2. The fourth-order valence-electron chi connectivity index (χ4n) is 2.72. The topological polar surface area (TPSA) is 50.1 Å². The van der Waals surface area contributed by atoms with Crippen LogP contribution in [0.1, 0.15) is 18.9 Å². The highest BCUT2D eigenvalue weighted by molar-refractivity contribution is 5.77. The second-order valence-electron chi connectivity index (χ2n) is 6.02. The Kier molecular flexibility index (Phi) is 5.05. The average Bonchev–Trinajstić information content (AvgIpc) is 3.00. The van der Waals surface area contributed by atoms with Crippen LogP contribution in [0, 0.1) is 5.92 Å². The molecular formula is C19H23N3O. The first-order chi connectivity index (χ1) is 11.3. The maximum absolute atomic E-state index is 8.91. The Balaban J connectivity index is 1.65. The predicted molar refractivity (Wildman–Crippen MR) is 93.6 cm³/mol. The van der Waals surface area contributed by atoms with E-state index in [4.69, 9.17) is 5.11 Å². The second-order valence-corrected chi connectivity index (χ2v) is 6.02. The van der Waals surface area contributed by atoms with Gasteiger partial charge in [-0.25, -0.2) is 4.98 Å². The number of nitrogens with one attached hydrogen (secondary N) is 1. The molecule has 1 aromatic heterocycles. The smallest absolute Gasteiger partial charge is 0.100 e. The van der Waals surface area contributed by atoms with Crippen molar-refractivity contribution in [3.63, 3.8) is 0 Å². The molecule has 0 saturated carbocycles. The van der Waals surface area contributed by atoms with Crippen LogP contribution in [-0.4, -0.2) is 27.8 Å². The van der Waals surface area contributed by atoms with Crippen molar-refractivity contribution in [2.75, 3.05) is 13.2 Å². The molecule has 3 rings (SSSR count). The lowest BCUT2D eigenvalue weighted by Crippen LogP contribution is -2.21. The standard InChI is InChI=1S/C19H23N3O/c1-15(10-11-23)12-20-13-16-6-8-17(9-7-16)22-14-21-18-4-2-3-5-19(18)22/h2-9,14-15,20,23H,10-13H2,1H3. The zero-order valence-electron chi connectivity index (χ0n) is 13.4. The van der Waals surface area contributed by atoms with E-state index in [1.54, 1.807) is 0 Å². The van der Waals surface area contributed by atoms with Crippen molar-refractivity contribution in [2.45, 2.75) is 19.9 Å². The van der Waals surface area contributed by atoms with Crippen LogP contribution in [0.4, 0.5) is 0 Å². The second kappa shape index (κ2) is 7.40. The van der Waals surface area contributed by atoms with Gasteiger partial charge in [0.25, 0.3) is 0 Å². The minimum Gasteiger partial charge on any atom is -0.396 e. The van der Waals surface area contributed by atoms with Crippen molar-refractivity contribution < 1.29 is 5.11 Å². The van der Waals surface area contributed by atoms with Crippen LogP contribution in [0.15, 0.2) is 54.9 Å². The molecule has 0 amide bonds. The molecule has 1 atom stereocenters. The highest BCUT2D eigenvalue weighted by Crippen LogP contribution is 2.18. The average molecular weight is 309 g/mol. The summed E-state index contributed by atoms with van der Waals surface area (Å²) in [5, 5.41) is 12.4. The molecule has 0 aliphatic rings. The first-order valence-electron chi connectivity index (χ1n) is 8.11. The largest absolute Gasteiger partial charge is 0.396 e. The van der Waals surface area contributed by atoms with Crippen LogP contribution in [0.2, 0.25) is 0 Å². The molecule has 1 unspecified atom stereocenters. The normalized spacial score (nSPS) is 12.6. The van der Waals surface area contributed by atoms with E-state index in [-0.39, 0.29) is 6.61 Å². The molecule has 0 bridgehead atoms. The van der Waals surface area contributed by atoms with Crippen molar-refractivity contribution in [1.82, 2.24) is 14.9 Å². The Hall–Kier alpha value is -2.17. The quantitative estimate of drug-likeness (QED) is 0.705. The lowest BCUT2D eigenvalue weighted by atomic mass is 10.1. The number of aliphatic hydroxyl groups is 1. The van der Waals surface area contributed by atoms with Crippen LogP contribution >= 0.6 is 0 Å². The van der Waals surface area contributed by atoms with Gasteiger partial charge in [-0.05, 0) is 48.7 Å². The van der Waals surface area contributed by atoms with Gasteiger partial charge in [-0.2, -0.15) is 0 Å². The van der Waals surface area contributed by atoms with Crippen LogP contribution < -0.4 is 5.32 Å². The number of rotatable bonds is 7. The van der Waals surface area contributed by atoms with E-state index in [0.717, 1.165) is 36.2 Å². The third-order valence-electron chi connectivity index (χ3n) is 4.11. The number of aromatic nitrogens is 2. The van der Waals surface area contributed by atoms with Crippen LogP contribution in [-0.2, 0) is 6.54 Å². The number of fused-ring (bicyclic) bond motifs is 1. The Morgan fingerprint density at radius 3 is 2.70 bits per heavy atom. The highest BCUT2D eigenvalue weighted by Gasteiger charge is 2.04. The summed E-state index contributed by atoms with van der Waals surface area (Å²) in [5.74, 6) is 0.497. The number of aliphatic hydroxyl groups excluding tert-OH is 1. The summed E-state index contributed by atoms with van der Waals surface area (Å²) in [6.07, 6.45) is 2.72. The molecule has 0 aliphatic heterocycles. The zero-order chi connectivity index (χ0) is 16.1. The van der Waals surface area contributed by atoms with Crippen LogP contribution in [0.3, 0.4) is 0 Å². The van der Waals surface area contributed by atoms with Gasteiger partial charge >= 0.3 is 0 Å². The van der Waals surface area contributed by atoms with Gasteiger partial charge in [0.05, 0.1) is 11.0 Å². The van der Waals surface area contributed by atoms with Crippen molar-refractivity contribution in [2.24, 2.45) is 5.92 Å². The minimum absolute atomic E-state index is 0.260. The summed E-state index contributed by atoms with van der Waals surface area (Å²) in [6.45, 7) is 4.18. The van der Waals surface area contributed by atoms with E-state index < -0.39 is 0 Å². The van der Waals surface area contributed by atoms with Crippen LogP contribution in [0.5, 0.6) is 0 Å². The van der Waals surface area contributed by atoms with Gasteiger partial charge in [-0.1, -0.05) is 31.2 Å². The number of imidazole rings is 1. The van der Waals surface area contributed by atoms with E-state index in [1.165, 1.54) is 5.56 Å². The molecule has 0 aliphatic carbocycles. The number of para-hydroxylation sites is 2.